The molecule has 0 atom stereocenters. The Morgan fingerprint density at radius 1 is 1.08 bits per heavy atom. The number of hydrogen-bond acceptors (Lipinski definition) is 6. The van der Waals surface area contributed by atoms with Crippen LogP contribution >= 0.6 is 11.6 Å². The molecule has 2 aromatic carbocycles. The zero-order valence-corrected chi connectivity index (χ0v) is 15.0. The SMILES string of the molecule is COC(=O)c1cccc(Nc2nccc(Nc3ccc(C)c(Cl)c3)n2)c1. The van der Waals surface area contributed by atoms with E-state index >= 15 is 0 Å². The highest BCUT2D eigenvalue weighted by Gasteiger charge is 2.07. The number of ether oxygens (including phenoxy) is 1. The highest BCUT2D eigenvalue weighted by atomic mass is 35.5. The van der Waals surface area contributed by atoms with Crippen molar-refractivity contribution in [3.8, 4) is 0 Å². The minimum Gasteiger partial charge on any atom is -0.465 e. The Kier molecular flexibility index (Phi) is 5.34. The molecular formula is C19H17ClN4O2. The molecule has 0 radical (unpaired) electrons. The number of methoxy groups -OCH3 is 1. The molecule has 1 aromatic heterocycles. The van der Waals surface area contributed by atoms with E-state index in [-0.39, 0.29) is 0 Å². The third-order valence-electron chi connectivity index (χ3n) is 3.64. The second kappa shape index (κ2) is 7.84. The van der Waals surface area contributed by atoms with Crippen molar-refractivity contribution in [2.75, 3.05) is 17.7 Å². The molecule has 132 valence electrons. The standard InChI is InChI=1S/C19H17ClN4O2/c1-12-6-7-15(11-16(12)20)22-17-8-9-21-19(24-17)23-14-5-3-4-13(10-14)18(25)26-2/h3-11H,1-2H3,(H2,21,22,23,24). The second-order valence-electron chi connectivity index (χ2n) is 5.55. The molecule has 0 amide bonds. The molecule has 3 rings (SSSR count). The van der Waals surface area contributed by atoms with Crippen LogP contribution in [0.4, 0.5) is 23.1 Å². The van der Waals surface area contributed by atoms with Crippen molar-refractivity contribution in [1.29, 1.82) is 0 Å². The smallest absolute Gasteiger partial charge is 0.337 e. The molecule has 0 fully saturated rings. The van der Waals surface area contributed by atoms with E-state index in [1.54, 1.807) is 30.5 Å². The normalized spacial score (nSPS) is 10.3. The summed E-state index contributed by atoms with van der Waals surface area (Å²) in [5.41, 5.74) is 2.97. The molecule has 0 spiro atoms. The van der Waals surface area contributed by atoms with Crippen LogP contribution in [0.25, 0.3) is 0 Å². The number of rotatable bonds is 5. The van der Waals surface area contributed by atoms with Gasteiger partial charge in [-0.2, -0.15) is 4.98 Å². The van der Waals surface area contributed by atoms with Crippen LogP contribution < -0.4 is 10.6 Å². The first-order valence-electron chi connectivity index (χ1n) is 7.87. The zero-order chi connectivity index (χ0) is 18.5. The van der Waals surface area contributed by atoms with Gasteiger partial charge in [0.15, 0.2) is 0 Å². The van der Waals surface area contributed by atoms with Gasteiger partial charge in [-0.15, -0.1) is 0 Å². The molecule has 1 heterocycles. The minimum atomic E-state index is -0.402. The highest BCUT2D eigenvalue weighted by molar-refractivity contribution is 6.31. The summed E-state index contributed by atoms with van der Waals surface area (Å²) < 4.78 is 4.73. The molecule has 0 bridgehead atoms. The topological polar surface area (TPSA) is 76.1 Å². The maximum absolute atomic E-state index is 11.6. The summed E-state index contributed by atoms with van der Waals surface area (Å²) in [6.07, 6.45) is 1.64. The summed E-state index contributed by atoms with van der Waals surface area (Å²) in [5, 5.41) is 6.94. The lowest BCUT2D eigenvalue weighted by Crippen LogP contribution is -2.03. The number of nitrogens with zero attached hydrogens (tertiary/aromatic N) is 2. The van der Waals surface area contributed by atoms with Crippen molar-refractivity contribution in [2.24, 2.45) is 0 Å². The second-order valence-corrected chi connectivity index (χ2v) is 5.96. The number of anilines is 4. The minimum absolute atomic E-state index is 0.398. The summed E-state index contributed by atoms with van der Waals surface area (Å²) in [6, 6.07) is 14.4. The van der Waals surface area contributed by atoms with Crippen molar-refractivity contribution < 1.29 is 9.53 Å². The Bertz CT molecular complexity index is 946. The van der Waals surface area contributed by atoms with Gasteiger partial charge < -0.3 is 15.4 Å². The summed E-state index contributed by atoms with van der Waals surface area (Å²) in [7, 11) is 1.35. The number of hydrogen-bond donors (Lipinski definition) is 2. The fourth-order valence-electron chi connectivity index (χ4n) is 2.28. The molecule has 0 saturated heterocycles. The molecule has 0 saturated carbocycles. The fraction of sp³-hybridized carbons (Fsp3) is 0.105. The average molecular weight is 369 g/mol. The van der Waals surface area contributed by atoms with Gasteiger partial charge in [-0.05, 0) is 48.9 Å². The first kappa shape index (κ1) is 17.7. The maximum atomic E-state index is 11.6. The number of aryl methyl sites for hydroxylation is 1. The molecule has 0 aliphatic heterocycles. The number of halogens is 1. The van der Waals surface area contributed by atoms with Crippen LogP contribution in [0, 0.1) is 6.92 Å². The number of benzene rings is 2. The van der Waals surface area contributed by atoms with E-state index in [0.29, 0.717) is 28.0 Å². The van der Waals surface area contributed by atoms with E-state index in [0.717, 1.165) is 11.3 Å². The van der Waals surface area contributed by atoms with Crippen molar-refractivity contribution in [2.45, 2.75) is 6.92 Å². The molecule has 3 aromatic rings. The van der Waals surface area contributed by atoms with Crippen LogP contribution in [0.1, 0.15) is 15.9 Å². The molecule has 2 N–H and O–H groups in total. The number of esters is 1. The first-order chi connectivity index (χ1) is 12.5. The van der Waals surface area contributed by atoms with Crippen LogP contribution in [0.3, 0.4) is 0 Å². The molecular weight excluding hydrogens is 352 g/mol. The third-order valence-corrected chi connectivity index (χ3v) is 4.05. The Balaban J connectivity index is 1.77. The summed E-state index contributed by atoms with van der Waals surface area (Å²) in [5.74, 6) is 0.614. The van der Waals surface area contributed by atoms with E-state index < -0.39 is 5.97 Å². The largest absolute Gasteiger partial charge is 0.465 e. The predicted molar refractivity (Wildman–Crippen MR) is 103 cm³/mol. The molecule has 7 heteroatoms. The molecule has 6 nitrogen and oxygen atoms in total. The van der Waals surface area contributed by atoms with Crippen LogP contribution in [0.2, 0.25) is 5.02 Å². The van der Waals surface area contributed by atoms with Gasteiger partial charge >= 0.3 is 5.97 Å². The lowest BCUT2D eigenvalue weighted by Gasteiger charge is -2.10. The van der Waals surface area contributed by atoms with Crippen LogP contribution in [0.5, 0.6) is 0 Å². The average Bonchev–Trinajstić information content (AvgIpc) is 2.64. The first-order valence-corrected chi connectivity index (χ1v) is 8.24. The van der Waals surface area contributed by atoms with E-state index in [1.165, 1.54) is 7.11 Å². The van der Waals surface area contributed by atoms with Crippen LogP contribution in [-0.4, -0.2) is 23.0 Å². The lowest BCUT2D eigenvalue weighted by molar-refractivity contribution is 0.0601. The summed E-state index contributed by atoms with van der Waals surface area (Å²) >= 11 is 6.15. The van der Waals surface area contributed by atoms with Gasteiger partial charge in [-0.3, -0.25) is 0 Å². The van der Waals surface area contributed by atoms with Crippen LogP contribution in [0.15, 0.2) is 54.7 Å². The Hall–Kier alpha value is -3.12. The molecule has 26 heavy (non-hydrogen) atoms. The van der Waals surface area contributed by atoms with E-state index in [1.807, 2.05) is 31.2 Å². The van der Waals surface area contributed by atoms with Gasteiger partial charge in [0.1, 0.15) is 5.82 Å². The lowest BCUT2D eigenvalue weighted by atomic mass is 10.2. The van der Waals surface area contributed by atoms with E-state index in [9.17, 15) is 4.79 Å². The fourth-order valence-corrected chi connectivity index (χ4v) is 2.46. The predicted octanol–water partition coefficient (Wildman–Crippen LogP) is 4.71. The zero-order valence-electron chi connectivity index (χ0n) is 14.3. The summed E-state index contributed by atoms with van der Waals surface area (Å²) in [6.45, 7) is 1.95. The summed E-state index contributed by atoms with van der Waals surface area (Å²) in [4.78, 5) is 20.2. The van der Waals surface area contributed by atoms with Gasteiger partial charge in [0, 0.05) is 22.6 Å². The van der Waals surface area contributed by atoms with Gasteiger partial charge in [0.05, 0.1) is 12.7 Å². The Morgan fingerprint density at radius 2 is 1.88 bits per heavy atom. The quantitative estimate of drug-likeness (QED) is 0.635. The Morgan fingerprint density at radius 3 is 2.65 bits per heavy atom. The van der Waals surface area contributed by atoms with Crippen molar-refractivity contribution in [1.82, 2.24) is 9.97 Å². The maximum Gasteiger partial charge on any atom is 0.337 e. The Labute approximate surface area is 156 Å². The van der Waals surface area contributed by atoms with Crippen molar-refractivity contribution in [3.63, 3.8) is 0 Å². The highest BCUT2D eigenvalue weighted by Crippen LogP contribution is 2.23. The van der Waals surface area contributed by atoms with Crippen molar-refractivity contribution in [3.05, 3.63) is 70.9 Å². The number of carbonyl (C=O) groups excluding carboxylic acids is 1. The molecule has 0 aliphatic carbocycles. The van der Waals surface area contributed by atoms with Gasteiger partial charge in [-0.1, -0.05) is 23.7 Å². The third kappa shape index (κ3) is 4.29. The number of carbonyl (C=O) groups is 1. The number of aromatic nitrogens is 2. The van der Waals surface area contributed by atoms with Crippen molar-refractivity contribution >= 4 is 40.7 Å². The van der Waals surface area contributed by atoms with Gasteiger partial charge in [0.25, 0.3) is 0 Å². The monoisotopic (exact) mass is 368 g/mol. The van der Waals surface area contributed by atoms with Gasteiger partial charge in [-0.25, -0.2) is 9.78 Å². The van der Waals surface area contributed by atoms with E-state index in [4.69, 9.17) is 16.3 Å². The van der Waals surface area contributed by atoms with Crippen LogP contribution in [-0.2, 0) is 4.74 Å². The van der Waals surface area contributed by atoms with Gasteiger partial charge in [0.2, 0.25) is 5.95 Å². The molecule has 0 unspecified atom stereocenters. The van der Waals surface area contributed by atoms with E-state index in [2.05, 4.69) is 20.6 Å². The number of nitrogens with one attached hydrogen (secondary N) is 2. The molecule has 0 aliphatic rings.